The van der Waals surface area contributed by atoms with Gasteiger partial charge < -0.3 is 16.3 Å². The molecule has 0 aromatic carbocycles. The first-order valence-corrected chi connectivity index (χ1v) is 4.22. The molecule has 1 unspecified atom stereocenters. The van der Waals surface area contributed by atoms with Crippen molar-refractivity contribution in [2.75, 3.05) is 6.54 Å². The first-order chi connectivity index (χ1) is 6.45. The van der Waals surface area contributed by atoms with Crippen LogP contribution in [0.5, 0.6) is 0 Å². The Morgan fingerprint density at radius 1 is 1.57 bits per heavy atom. The SMILES string of the molecule is NC(=NO)C(CNC1CC1)C(F)(F)F. The molecule has 4 nitrogen and oxygen atoms in total. The third-order valence-corrected chi connectivity index (χ3v) is 2.06. The minimum atomic E-state index is -4.47. The first-order valence-electron chi connectivity index (χ1n) is 4.22. The van der Waals surface area contributed by atoms with E-state index in [1.807, 2.05) is 0 Å². The number of nitrogens with one attached hydrogen (secondary N) is 1. The minimum absolute atomic E-state index is 0.159. The Bertz CT molecular complexity index is 225. The summed E-state index contributed by atoms with van der Waals surface area (Å²) in [6, 6.07) is 0.159. The molecule has 1 aliphatic rings. The standard InChI is InChI=1S/C7H12F3N3O/c8-7(9,10)5(6(11)13-14)3-12-4-1-2-4/h4-5,12,14H,1-3H2,(H2,11,13). The predicted molar refractivity (Wildman–Crippen MR) is 44.0 cm³/mol. The lowest BCUT2D eigenvalue weighted by molar-refractivity contribution is -0.154. The van der Waals surface area contributed by atoms with Crippen molar-refractivity contribution in [3.8, 4) is 0 Å². The smallest absolute Gasteiger partial charge is 0.400 e. The van der Waals surface area contributed by atoms with Crippen LogP contribution >= 0.6 is 0 Å². The second kappa shape index (κ2) is 4.04. The Morgan fingerprint density at radius 3 is 2.50 bits per heavy atom. The zero-order valence-corrected chi connectivity index (χ0v) is 7.38. The summed E-state index contributed by atoms with van der Waals surface area (Å²) < 4.78 is 36.9. The van der Waals surface area contributed by atoms with Gasteiger partial charge in [0.05, 0.1) is 0 Å². The van der Waals surface area contributed by atoms with Crippen molar-refractivity contribution < 1.29 is 18.4 Å². The van der Waals surface area contributed by atoms with Crippen molar-refractivity contribution in [1.29, 1.82) is 0 Å². The topological polar surface area (TPSA) is 70.6 Å². The van der Waals surface area contributed by atoms with Crippen molar-refractivity contribution in [2.45, 2.75) is 25.1 Å². The maximum absolute atomic E-state index is 12.3. The molecule has 1 aliphatic carbocycles. The number of nitrogens with two attached hydrogens (primary N) is 1. The lowest BCUT2D eigenvalue weighted by Gasteiger charge is -2.19. The summed E-state index contributed by atoms with van der Waals surface area (Å²) in [5.41, 5.74) is 4.95. The zero-order valence-electron chi connectivity index (χ0n) is 7.38. The molecule has 0 bridgehead atoms. The molecule has 1 atom stereocenters. The molecule has 7 heteroatoms. The van der Waals surface area contributed by atoms with Gasteiger partial charge in [0.25, 0.3) is 0 Å². The average molecular weight is 211 g/mol. The zero-order chi connectivity index (χ0) is 10.8. The van der Waals surface area contributed by atoms with Crippen LogP contribution in [0.25, 0.3) is 0 Å². The van der Waals surface area contributed by atoms with E-state index in [2.05, 4.69) is 10.5 Å². The molecule has 1 saturated carbocycles. The quantitative estimate of drug-likeness (QED) is 0.277. The number of halogens is 3. The number of alkyl halides is 3. The van der Waals surface area contributed by atoms with Gasteiger partial charge in [0.15, 0.2) is 5.84 Å². The molecule has 0 spiro atoms. The highest BCUT2D eigenvalue weighted by atomic mass is 19.4. The normalized spacial score (nSPS) is 20.9. The van der Waals surface area contributed by atoms with Gasteiger partial charge in [-0.05, 0) is 12.8 Å². The summed E-state index contributed by atoms with van der Waals surface area (Å²) in [7, 11) is 0. The molecule has 1 rings (SSSR count). The van der Waals surface area contributed by atoms with E-state index in [1.165, 1.54) is 0 Å². The largest absolute Gasteiger partial charge is 0.409 e. The second-order valence-corrected chi connectivity index (χ2v) is 3.30. The van der Waals surface area contributed by atoms with Gasteiger partial charge in [-0.2, -0.15) is 13.2 Å². The summed E-state index contributed by atoms with van der Waals surface area (Å²) >= 11 is 0. The van der Waals surface area contributed by atoms with Crippen LogP contribution in [0.4, 0.5) is 13.2 Å². The number of nitrogens with zero attached hydrogens (tertiary/aromatic N) is 1. The number of amidine groups is 1. The first kappa shape index (κ1) is 11.1. The summed E-state index contributed by atoms with van der Waals surface area (Å²) in [6.45, 7) is -0.329. The van der Waals surface area contributed by atoms with Crippen LogP contribution in [-0.2, 0) is 0 Å². The highest BCUT2D eigenvalue weighted by molar-refractivity contribution is 5.83. The molecular formula is C7H12F3N3O. The number of hydrogen-bond donors (Lipinski definition) is 3. The molecule has 0 amide bonds. The van der Waals surface area contributed by atoms with Crippen LogP contribution in [0.15, 0.2) is 5.16 Å². The van der Waals surface area contributed by atoms with E-state index >= 15 is 0 Å². The molecule has 0 aromatic heterocycles. The van der Waals surface area contributed by atoms with E-state index in [4.69, 9.17) is 10.9 Å². The molecule has 0 radical (unpaired) electrons. The Morgan fingerprint density at radius 2 is 2.14 bits per heavy atom. The summed E-state index contributed by atoms with van der Waals surface area (Å²) in [4.78, 5) is 0. The fraction of sp³-hybridized carbons (Fsp3) is 0.857. The lowest BCUT2D eigenvalue weighted by atomic mass is 10.1. The van der Waals surface area contributed by atoms with E-state index in [-0.39, 0.29) is 12.6 Å². The van der Waals surface area contributed by atoms with E-state index in [9.17, 15) is 13.2 Å². The molecule has 14 heavy (non-hydrogen) atoms. The minimum Gasteiger partial charge on any atom is -0.409 e. The molecular weight excluding hydrogens is 199 g/mol. The van der Waals surface area contributed by atoms with Gasteiger partial charge in [-0.1, -0.05) is 5.16 Å². The maximum atomic E-state index is 12.3. The van der Waals surface area contributed by atoms with Gasteiger partial charge in [-0.15, -0.1) is 0 Å². The number of hydrogen-bond acceptors (Lipinski definition) is 3. The van der Waals surface area contributed by atoms with E-state index in [1.54, 1.807) is 0 Å². The van der Waals surface area contributed by atoms with Crippen molar-refractivity contribution >= 4 is 5.84 Å². The van der Waals surface area contributed by atoms with E-state index in [0.29, 0.717) is 0 Å². The molecule has 1 fully saturated rings. The molecule has 0 aliphatic heterocycles. The summed E-state index contributed by atoms with van der Waals surface area (Å²) in [5, 5.41) is 13.3. The third kappa shape index (κ3) is 3.06. The van der Waals surface area contributed by atoms with E-state index < -0.39 is 17.9 Å². The summed E-state index contributed by atoms with van der Waals surface area (Å²) in [5.74, 6) is -2.71. The molecule has 0 saturated heterocycles. The Hall–Kier alpha value is -0.980. The van der Waals surface area contributed by atoms with Crippen LogP contribution in [0.1, 0.15) is 12.8 Å². The van der Waals surface area contributed by atoms with Crippen molar-refractivity contribution in [2.24, 2.45) is 16.8 Å². The predicted octanol–water partition coefficient (Wildman–Crippen LogP) is 0.663. The van der Waals surface area contributed by atoms with Crippen LogP contribution in [-0.4, -0.2) is 29.8 Å². The molecule has 0 heterocycles. The summed E-state index contributed by atoms with van der Waals surface area (Å²) in [6.07, 6.45) is -2.69. The average Bonchev–Trinajstić information content (AvgIpc) is 2.85. The van der Waals surface area contributed by atoms with Crippen molar-refractivity contribution in [3.05, 3.63) is 0 Å². The number of oxime groups is 1. The van der Waals surface area contributed by atoms with Crippen LogP contribution in [0.2, 0.25) is 0 Å². The van der Waals surface area contributed by atoms with Crippen LogP contribution in [0, 0.1) is 5.92 Å². The highest BCUT2D eigenvalue weighted by Crippen LogP contribution is 2.27. The van der Waals surface area contributed by atoms with Gasteiger partial charge >= 0.3 is 6.18 Å². The molecule has 0 aromatic rings. The maximum Gasteiger partial charge on any atom is 0.400 e. The monoisotopic (exact) mass is 211 g/mol. The van der Waals surface area contributed by atoms with E-state index in [0.717, 1.165) is 12.8 Å². The van der Waals surface area contributed by atoms with Gasteiger partial charge in [0, 0.05) is 12.6 Å². The van der Waals surface area contributed by atoms with Crippen molar-refractivity contribution in [3.63, 3.8) is 0 Å². The highest BCUT2D eigenvalue weighted by Gasteiger charge is 2.43. The third-order valence-electron chi connectivity index (χ3n) is 2.06. The van der Waals surface area contributed by atoms with Crippen LogP contribution in [0.3, 0.4) is 0 Å². The Labute approximate surface area is 79.0 Å². The fourth-order valence-corrected chi connectivity index (χ4v) is 1.03. The molecule has 82 valence electrons. The van der Waals surface area contributed by atoms with Gasteiger partial charge in [0.2, 0.25) is 0 Å². The van der Waals surface area contributed by atoms with Crippen molar-refractivity contribution in [1.82, 2.24) is 5.32 Å². The van der Waals surface area contributed by atoms with Crippen LogP contribution < -0.4 is 11.1 Å². The fourth-order valence-electron chi connectivity index (χ4n) is 1.03. The van der Waals surface area contributed by atoms with Gasteiger partial charge in [-0.25, -0.2) is 0 Å². The lowest BCUT2D eigenvalue weighted by Crippen LogP contribution is -2.43. The number of rotatable bonds is 4. The molecule has 4 N–H and O–H groups in total. The second-order valence-electron chi connectivity index (χ2n) is 3.30. The van der Waals surface area contributed by atoms with Gasteiger partial charge in [-0.3, -0.25) is 0 Å². The van der Waals surface area contributed by atoms with Gasteiger partial charge in [0.1, 0.15) is 5.92 Å². The Balaban J connectivity index is 2.51. The Kier molecular flexibility index (Phi) is 3.20.